The largest absolute Gasteiger partial charge is 0.481 e. The Balaban J connectivity index is 3.03. The van der Waals surface area contributed by atoms with Crippen LogP contribution < -0.4 is 0 Å². The number of aliphatic carboxylic acids is 1. The fourth-order valence-electron chi connectivity index (χ4n) is 1.63. The Morgan fingerprint density at radius 1 is 0.938 bits per heavy atom. The molecule has 0 spiro atoms. The van der Waals surface area contributed by atoms with Gasteiger partial charge in [0.15, 0.2) is 0 Å². The van der Waals surface area contributed by atoms with E-state index >= 15 is 0 Å². The van der Waals surface area contributed by atoms with Gasteiger partial charge in [-0.25, -0.2) is 0 Å². The van der Waals surface area contributed by atoms with E-state index in [1.54, 1.807) is 0 Å². The molecule has 0 radical (unpaired) electrons. The minimum Gasteiger partial charge on any atom is -0.481 e. The minimum atomic E-state index is -0.668. The van der Waals surface area contributed by atoms with Gasteiger partial charge in [0.25, 0.3) is 0 Å². The molecule has 0 aliphatic rings. The van der Waals surface area contributed by atoms with Crippen molar-refractivity contribution in [1.29, 1.82) is 0 Å². The van der Waals surface area contributed by atoms with E-state index in [4.69, 9.17) is 5.11 Å². The number of unbranched alkanes of at least 4 members (excludes halogenated alkanes) is 7. The van der Waals surface area contributed by atoms with Gasteiger partial charge < -0.3 is 5.11 Å². The summed E-state index contributed by atoms with van der Waals surface area (Å²) in [6, 6.07) is 0. The third-order valence-corrected chi connectivity index (χ3v) is 2.65. The minimum absolute atomic E-state index is 0.330. The van der Waals surface area contributed by atoms with Crippen LogP contribution in [-0.4, -0.2) is 11.1 Å². The van der Waals surface area contributed by atoms with Crippen molar-refractivity contribution < 1.29 is 9.90 Å². The van der Waals surface area contributed by atoms with Crippen LogP contribution in [0.2, 0.25) is 0 Å². The van der Waals surface area contributed by atoms with E-state index in [-0.39, 0.29) is 0 Å². The molecule has 2 nitrogen and oxygen atoms in total. The van der Waals surface area contributed by atoms with Crippen LogP contribution in [0.3, 0.4) is 0 Å². The molecule has 0 heterocycles. The summed E-state index contributed by atoms with van der Waals surface area (Å²) < 4.78 is 0. The molecule has 0 bridgehead atoms. The number of carbonyl (C=O) groups is 1. The lowest BCUT2D eigenvalue weighted by molar-refractivity contribution is -0.137. The standard InChI is InChI=1S/C14H26O2/c1-2-3-4-5-6-7-8-9-10-11-12-13-14(15)16/h5-6H,2-4,7-13H2,1H3,(H,15,16). The van der Waals surface area contributed by atoms with E-state index in [1.165, 1.54) is 44.9 Å². The zero-order valence-corrected chi connectivity index (χ0v) is 10.6. The van der Waals surface area contributed by atoms with Gasteiger partial charge in [0.05, 0.1) is 0 Å². The SMILES string of the molecule is CCCCC=CCCCCCCCC(=O)O. The molecule has 0 aliphatic carbocycles. The maximum atomic E-state index is 10.3. The molecule has 94 valence electrons. The Hall–Kier alpha value is -0.790. The van der Waals surface area contributed by atoms with Crippen molar-refractivity contribution in [2.24, 2.45) is 0 Å². The molecule has 0 aromatic heterocycles. The van der Waals surface area contributed by atoms with Gasteiger partial charge in [-0.1, -0.05) is 51.2 Å². The summed E-state index contributed by atoms with van der Waals surface area (Å²) in [5, 5.41) is 8.45. The van der Waals surface area contributed by atoms with Crippen molar-refractivity contribution in [2.75, 3.05) is 0 Å². The zero-order chi connectivity index (χ0) is 12.1. The number of carboxylic acids is 1. The zero-order valence-electron chi connectivity index (χ0n) is 10.6. The van der Waals surface area contributed by atoms with E-state index in [1.807, 2.05) is 0 Å². The lowest BCUT2D eigenvalue weighted by Crippen LogP contribution is -1.93. The summed E-state index contributed by atoms with van der Waals surface area (Å²) in [4.78, 5) is 10.3. The van der Waals surface area contributed by atoms with Gasteiger partial charge >= 0.3 is 5.97 Å². The predicted molar refractivity (Wildman–Crippen MR) is 68.6 cm³/mol. The molecule has 0 rings (SSSR count). The number of carboxylic acid groups (broad SMARTS) is 1. The summed E-state index contributed by atoms with van der Waals surface area (Å²) in [5.41, 5.74) is 0. The van der Waals surface area contributed by atoms with E-state index in [0.29, 0.717) is 6.42 Å². The Labute approximate surface area is 99.7 Å². The average molecular weight is 226 g/mol. The van der Waals surface area contributed by atoms with Gasteiger partial charge in [0.2, 0.25) is 0 Å². The molecule has 0 amide bonds. The number of hydrogen-bond acceptors (Lipinski definition) is 1. The molecule has 0 aliphatic heterocycles. The molecule has 1 N–H and O–H groups in total. The highest BCUT2D eigenvalue weighted by molar-refractivity contribution is 5.66. The first-order chi connectivity index (χ1) is 7.77. The molecule has 0 saturated heterocycles. The third-order valence-electron chi connectivity index (χ3n) is 2.65. The Morgan fingerprint density at radius 2 is 1.50 bits per heavy atom. The molecule has 16 heavy (non-hydrogen) atoms. The molecule has 2 heteroatoms. The van der Waals surface area contributed by atoms with E-state index < -0.39 is 5.97 Å². The van der Waals surface area contributed by atoms with E-state index in [0.717, 1.165) is 12.8 Å². The molecule has 0 fully saturated rings. The molecule has 0 unspecified atom stereocenters. The van der Waals surface area contributed by atoms with Crippen LogP contribution in [0.1, 0.15) is 71.1 Å². The number of hydrogen-bond donors (Lipinski definition) is 1. The normalized spacial score (nSPS) is 11.1. The third kappa shape index (κ3) is 13.2. The second kappa shape index (κ2) is 12.3. The van der Waals surface area contributed by atoms with Crippen LogP contribution >= 0.6 is 0 Å². The Kier molecular flexibility index (Phi) is 11.7. The maximum absolute atomic E-state index is 10.3. The first-order valence-electron chi connectivity index (χ1n) is 6.64. The Morgan fingerprint density at radius 3 is 2.12 bits per heavy atom. The van der Waals surface area contributed by atoms with Crippen LogP contribution in [-0.2, 0) is 4.79 Å². The van der Waals surface area contributed by atoms with Crippen molar-refractivity contribution in [1.82, 2.24) is 0 Å². The number of rotatable bonds is 11. The van der Waals surface area contributed by atoms with Crippen LogP contribution in [0.25, 0.3) is 0 Å². The highest BCUT2D eigenvalue weighted by Crippen LogP contribution is 2.08. The second-order valence-electron chi connectivity index (χ2n) is 4.31. The monoisotopic (exact) mass is 226 g/mol. The van der Waals surface area contributed by atoms with Crippen LogP contribution in [0.5, 0.6) is 0 Å². The summed E-state index contributed by atoms with van der Waals surface area (Å²) >= 11 is 0. The summed E-state index contributed by atoms with van der Waals surface area (Å²) in [6.07, 6.45) is 15.4. The van der Waals surface area contributed by atoms with Crippen molar-refractivity contribution in [3.63, 3.8) is 0 Å². The van der Waals surface area contributed by atoms with E-state index in [9.17, 15) is 4.79 Å². The molecular weight excluding hydrogens is 200 g/mol. The van der Waals surface area contributed by atoms with Gasteiger partial charge in [0, 0.05) is 6.42 Å². The summed E-state index contributed by atoms with van der Waals surface area (Å²) in [5.74, 6) is -0.668. The summed E-state index contributed by atoms with van der Waals surface area (Å²) in [6.45, 7) is 2.21. The molecular formula is C14H26O2. The van der Waals surface area contributed by atoms with Crippen LogP contribution in [0, 0.1) is 0 Å². The van der Waals surface area contributed by atoms with Crippen molar-refractivity contribution >= 4 is 5.97 Å². The van der Waals surface area contributed by atoms with Gasteiger partial charge in [-0.05, 0) is 25.7 Å². The predicted octanol–water partition coefficient (Wildman–Crippen LogP) is 4.55. The lowest BCUT2D eigenvalue weighted by Gasteiger charge is -1.98. The fourth-order valence-corrected chi connectivity index (χ4v) is 1.63. The van der Waals surface area contributed by atoms with Crippen LogP contribution in [0.15, 0.2) is 12.2 Å². The fraction of sp³-hybridized carbons (Fsp3) is 0.786. The first-order valence-corrected chi connectivity index (χ1v) is 6.64. The lowest BCUT2D eigenvalue weighted by atomic mass is 10.1. The van der Waals surface area contributed by atoms with Gasteiger partial charge in [-0.2, -0.15) is 0 Å². The first kappa shape index (κ1) is 15.2. The summed E-state index contributed by atoms with van der Waals surface area (Å²) in [7, 11) is 0. The van der Waals surface area contributed by atoms with Gasteiger partial charge in [0.1, 0.15) is 0 Å². The van der Waals surface area contributed by atoms with E-state index in [2.05, 4.69) is 19.1 Å². The molecule has 0 atom stereocenters. The second-order valence-corrected chi connectivity index (χ2v) is 4.31. The average Bonchev–Trinajstić information content (AvgIpc) is 2.25. The number of allylic oxidation sites excluding steroid dienone is 2. The van der Waals surface area contributed by atoms with Crippen LogP contribution in [0.4, 0.5) is 0 Å². The highest BCUT2D eigenvalue weighted by Gasteiger charge is 1.95. The molecule has 0 aromatic carbocycles. The smallest absolute Gasteiger partial charge is 0.303 e. The topological polar surface area (TPSA) is 37.3 Å². The Bertz CT molecular complexity index is 185. The van der Waals surface area contributed by atoms with Crippen molar-refractivity contribution in [3.8, 4) is 0 Å². The van der Waals surface area contributed by atoms with Crippen molar-refractivity contribution in [3.05, 3.63) is 12.2 Å². The van der Waals surface area contributed by atoms with Crippen molar-refractivity contribution in [2.45, 2.75) is 71.1 Å². The highest BCUT2D eigenvalue weighted by atomic mass is 16.4. The molecule has 0 saturated carbocycles. The maximum Gasteiger partial charge on any atom is 0.303 e. The molecule has 0 aromatic rings. The van der Waals surface area contributed by atoms with Gasteiger partial charge in [-0.3, -0.25) is 4.79 Å². The quantitative estimate of drug-likeness (QED) is 0.414. The van der Waals surface area contributed by atoms with Gasteiger partial charge in [-0.15, -0.1) is 0 Å².